The van der Waals surface area contributed by atoms with Gasteiger partial charge in [-0.25, -0.2) is 12.8 Å². The van der Waals surface area contributed by atoms with Crippen molar-refractivity contribution < 1.29 is 17.6 Å². The monoisotopic (exact) mass is 529 g/mol. The van der Waals surface area contributed by atoms with E-state index in [0.29, 0.717) is 0 Å². The van der Waals surface area contributed by atoms with Crippen LogP contribution in [0.3, 0.4) is 0 Å². The Balaban J connectivity index is 1.51. The smallest absolute Gasteiger partial charge is 0.264 e. The standard InChI is InChI=1S/C27H29ClFN3O3S/c1-20(21-10-12-22(13-11-21)31-16-6-3-7-17-31)30-27(33)19-32(23-14-15-26(29)25(28)18-23)36(34,35)24-8-4-2-5-9-24/h2,4-5,8-15,18,20H,3,6-7,16-17,19H2,1H3,(H,30,33). The van der Waals surface area contributed by atoms with Crippen LogP contribution in [0.15, 0.2) is 77.7 Å². The molecule has 0 spiro atoms. The first kappa shape index (κ1) is 26.0. The van der Waals surface area contributed by atoms with Gasteiger partial charge in [0.2, 0.25) is 5.91 Å². The molecule has 1 unspecified atom stereocenters. The predicted molar refractivity (Wildman–Crippen MR) is 141 cm³/mol. The molecular weight excluding hydrogens is 501 g/mol. The van der Waals surface area contributed by atoms with E-state index in [-0.39, 0.29) is 21.6 Å². The molecule has 0 bridgehead atoms. The third-order valence-corrected chi connectivity index (χ3v) is 8.38. The van der Waals surface area contributed by atoms with Gasteiger partial charge in [0.25, 0.3) is 10.0 Å². The van der Waals surface area contributed by atoms with E-state index in [2.05, 4.69) is 22.3 Å². The molecule has 1 heterocycles. The summed E-state index contributed by atoms with van der Waals surface area (Å²) in [7, 11) is -4.11. The molecule has 0 saturated carbocycles. The first-order valence-electron chi connectivity index (χ1n) is 11.9. The van der Waals surface area contributed by atoms with E-state index in [1.54, 1.807) is 18.2 Å². The van der Waals surface area contributed by atoms with Gasteiger partial charge in [0.1, 0.15) is 12.4 Å². The van der Waals surface area contributed by atoms with Crippen molar-refractivity contribution in [1.82, 2.24) is 5.32 Å². The van der Waals surface area contributed by atoms with Gasteiger partial charge in [-0.15, -0.1) is 0 Å². The van der Waals surface area contributed by atoms with E-state index < -0.39 is 28.3 Å². The number of benzene rings is 3. The summed E-state index contributed by atoms with van der Waals surface area (Å²) in [4.78, 5) is 15.4. The summed E-state index contributed by atoms with van der Waals surface area (Å²) in [6, 6.07) is 19.1. The van der Waals surface area contributed by atoms with E-state index in [1.165, 1.54) is 43.5 Å². The minimum Gasteiger partial charge on any atom is -0.372 e. The number of halogens is 2. The third kappa shape index (κ3) is 5.99. The fraction of sp³-hybridized carbons (Fsp3) is 0.296. The highest BCUT2D eigenvalue weighted by Gasteiger charge is 2.28. The zero-order valence-electron chi connectivity index (χ0n) is 20.0. The number of hydrogen-bond acceptors (Lipinski definition) is 4. The van der Waals surface area contributed by atoms with Crippen molar-refractivity contribution >= 4 is 38.9 Å². The topological polar surface area (TPSA) is 69.7 Å². The molecule has 1 atom stereocenters. The second-order valence-corrected chi connectivity index (χ2v) is 11.1. The molecule has 9 heteroatoms. The number of carbonyl (C=O) groups excluding carboxylic acids is 1. The number of nitrogens with one attached hydrogen (secondary N) is 1. The number of sulfonamides is 1. The summed E-state index contributed by atoms with van der Waals surface area (Å²) in [5, 5.41) is 2.65. The van der Waals surface area contributed by atoms with Gasteiger partial charge >= 0.3 is 0 Å². The van der Waals surface area contributed by atoms with E-state index in [4.69, 9.17) is 11.6 Å². The summed E-state index contributed by atoms with van der Waals surface area (Å²) in [5.74, 6) is -1.17. The maximum Gasteiger partial charge on any atom is 0.264 e. The molecule has 190 valence electrons. The molecule has 36 heavy (non-hydrogen) atoms. The molecule has 1 aliphatic heterocycles. The highest BCUT2D eigenvalue weighted by atomic mass is 35.5. The number of amides is 1. The Morgan fingerprint density at radius 1 is 1.03 bits per heavy atom. The van der Waals surface area contributed by atoms with E-state index in [1.807, 2.05) is 19.1 Å². The Morgan fingerprint density at radius 3 is 2.33 bits per heavy atom. The number of hydrogen-bond donors (Lipinski definition) is 1. The zero-order valence-corrected chi connectivity index (χ0v) is 21.6. The number of piperidine rings is 1. The van der Waals surface area contributed by atoms with Gasteiger partial charge in [-0.2, -0.15) is 0 Å². The Morgan fingerprint density at radius 2 is 1.69 bits per heavy atom. The van der Waals surface area contributed by atoms with Gasteiger partial charge < -0.3 is 10.2 Å². The average molecular weight is 530 g/mol. The molecule has 3 aromatic carbocycles. The van der Waals surface area contributed by atoms with Crippen molar-refractivity contribution in [3.05, 3.63) is 89.2 Å². The lowest BCUT2D eigenvalue weighted by Crippen LogP contribution is -2.41. The highest BCUT2D eigenvalue weighted by molar-refractivity contribution is 7.92. The van der Waals surface area contributed by atoms with Crippen LogP contribution in [0.4, 0.5) is 15.8 Å². The summed E-state index contributed by atoms with van der Waals surface area (Å²) < 4.78 is 41.5. The predicted octanol–water partition coefficient (Wildman–Crippen LogP) is 5.54. The van der Waals surface area contributed by atoms with Crippen molar-refractivity contribution in [2.45, 2.75) is 37.1 Å². The summed E-state index contributed by atoms with van der Waals surface area (Å²) in [6.45, 7) is 3.45. The number of carbonyl (C=O) groups is 1. The van der Waals surface area contributed by atoms with Crippen LogP contribution in [0.5, 0.6) is 0 Å². The third-order valence-electron chi connectivity index (χ3n) is 6.30. The quantitative estimate of drug-likeness (QED) is 0.416. The van der Waals surface area contributed by atoms with Crippen LogP contribution in [0.1, 0.15) is 37.8 Å². The van der Waals surface area contributed by atoms with E-state index >= 15 is 0 Å². The Bertz CT molecular complexity index is 1300. The maximum absolute atomic E-state index is 13.8. The van der Waals surface area contributed by atoms with Crippen LogP contribution in [-0.2, 0) is 14.8 Å². The molecule has 0 aliphatic carbocycles. The molecule has 0 aromatic heterocycles. The average Bonchev–Trinajstić information content (AvgIpc) is 2.90. The van der Waals surface area contributed by atoms with Crippen LogP contribution in [0.25, 0.3) is 0 Å². The summed E-state index contributed by atoms with van der Waals surface area (Å²) in [5.41, 5.74) is 2.16. The lowest BCUT2D eigenvalue weighted by Gasteiger charge is -2.29. The molecule has 3 aromatic rings. The van der Waals surface area contributed by atoms with Crippen molar-refractivity contribution in [2.24, 2.45) is 0 Å². The molecule has 1 aliphatic rings. The van der Waals surface area contributed by atoms with Gasteiger partial charge in [0.15, 0.2) is 0 Å². The minimum atomic E-state index is -4.11. The van der Waals surface area contributed by atoms with Crippen molar-refractivity contribution in [3.63, 3.8) is 0 Å². The van der Waals surface area contributed by atoms with E-state index in [0.717, 1.165) is 34.7 Å². The molecule has 0 radical (unpaired) electrons. The summed E-state index contributed by atoms with van der Waals surface area (Å²) in [6.07, 6.45) is 3.64. The lowest BCUT2D eigenvalue weighted by molar-refractivity contribution is -0.120. The maximum atomic E-state index is 13.8. The van der Waals surface area contributed by atoms with Gasteiger partial charge in [-0.1, -0.05) is 41.9 Å². The first-order chi connectivity index (χ1) is 17.3. The van der Waals surface area contributed by atoms with Crippen LogP contribution < -0.4 is 14.5 Å². The SMILES string of the molecule is CC(NC(=O)CN(c1ccc(F)c(Cl)c1)S(=O)(=O)c1ccccc1)c1ccc(N2CCCCC2)cc1. The van der Waals surface area contributed by atoms with Gasteiger partial charge in [0, 0.05) is 18.8 Å². The van der Waals surface area contributed by atoms with E-state index in [9.17, 15) is 17.6 Å². The number of nitrogens with zero attached hydrogens (tertiary/aromatic N) is 2. The van der Waals surface area contributed by atoms with Gasteiger partial charge in [-0.05, 0) is 74.2 Å². The number of anilines is 2. The summed E-state index contributed by atoms with van der Waals surface area (Å²) >= 11 is 5.92. The van der Waals surface area contributed by atoms with Gasteiger partial charge in [-0.3, -0.25) is 9.10 Å². The normalized spacial score (nSPS) is 14.8. The Labute approximate surface area is 216 Å². The van der Waals surface area contributed by atoms with Crippen molar-refractivity contribution in [2.75, 3.05) is 28.8 Å². The zero-order chi connectivity index (χ0) is 25.7. The Kier molecular flexibility index (Phi) is 8.16. The Hall–Kier alpha value is -3.10. The molecule has 6 nitrogen and oxygen atoms in total. The minimum absolute atomic E-state index is 0.0135. The van der Waals surface area contributed by atoms with Crippen molar-refractivity contribution in [3.8, 4) is 0 Å². The largest absolute Gasteiger partial charge is 0.372 e. The molecule has 1 fully saturated rings. The van der Waals surface area contributed by atoms with Crippen LogP contribution in [0.2, 0.25) is 5.02 Å². The molecule has 1 N–H and O–H groups in total. The first-order valence-corrected chi connectivity index (χ1v) is 13.7. The van der Waals surface area contributed by atoms with Crippen LogP contribution in [-0.4, -0.2) is 34.0 Å². The molecular formula is C27H29ClFN3O3S. The highest BCUT2D eigenvalue weighted by Crippen LogP contribution is 2.28. The second kappa shape index (κ2) is 11.3. The fourth-order valence-corrected chi connectivity index (χ4v) is 5.91. The number of rotatable bonds is 8. The second-order valence-electron chi connectivity index (χ2n) is 8.85. The molecule has 4 rings (SSSR count). The van der Waals surface area contributed by atoms with Gasteiger partial charge in [0.05, 0.1) is 21.6 Å². The molecule has 1 amide bonds. The fourth-order valence-electron chi connectivity index (χ4n) is 4.30. The lowest BCUT2D eigenvalue weighted by atomic mass is 10.1. The molecule has 1 saturated heterocycles. The van der Waals surface area contributed by atoms with Crippen molar-refractivity contribution in [1.29, 1.82) is 0 Å². The van der Waals surface area contributed by atoms with Crippen LogP contribution >= 0.6 is 11.6 Å². The van der Waals surface area contributed by atoms with Crippen LogP contribution in [0, 0.1) is 5.82 Å².